The van der Waals surface area contributed by atoms with Gasteiger partial charge in [-0.3, -0.25) is 0 Å². The Morgan fingerprint density at radius 1 is 1.26 bits per heavy atom. The second-order valence-electron chi connectivity index (χ2n) is 5.47. The maximum Gasteiger partial charge on any atom is 0.273 e. The van der Waals surface area contributed by atoms with Gasteiger partial charge in [0.1, 0.15) is 5.76 Å². The molecule has 0 atom stereocenters. The molecule has 19 heavy (non-hydrogen) atoms. The fourth-order valence-electron chi connectivity index (χ4n) is 1.22. The van der Waals surface area contributed by atoms with Gasteiger partial charge >= 0.3 is 0 Å². The number of aliphatic hydroxyl groups is 1. The standard InChI is InChI=1S/C12H22N2O4S/c1-11(2,12(3,4)15)14-8-9-6-7-10(18-9)19(16,17)13-5/h6-7,13-15H,8H2,1-5H3. The maximum absolute atomic E-state index is 11.5. The monoisotopic (exact) mass is 290 g/mol. The van der Waals surface area contributed by atoms with Gasteiger partial charge in [0, 0.05) is 5.54 Å². The first-order valence-electron chi connectivity index (χ1n) is 5.99. The Morgan fingerprint density at radius 3 is 2.32 bits per heavy atom. The molecule has 0 saturated carbocycles. The number of hydrogen-bond acceptors (Lipinski definition) is 5. The molecule has 0 aliphatic heterocycles. The normalized spacial score (nSPS) is 13.8. The molecular weight excluding hydrogens is 268 g/mol. The fourth-order valence-corrected chi connectivity index (χ4v) is 1.89. The lowest BCUT2D eigenvalue weighted by atomic mass is 9.86. The lowest BCUT2D eigenvalue weighted by Gasteiger charge is -2.38. The van der Waals surface area contributed by atoms with Crippen LogP contribution in [0.5, 0.6) is 0 Å². The van der Waals surface area contributed by atoms with E-state index in [9.17, 15) is 13.5 Å². The molecule has 0 fully saturated rings. The largest absolute Gasteiger partial charge is 0.447 e. The summed E-state index contributed by atoms with van der Waals surface area (Å²) in [7, 11) is -2.23. The summed E-state index contributed by atoms with van der Waals surface area (Å²) >= 11 is 0. The summed E-state index contributed by atoms with van der Waals surface area (Å²) < 4.78 is 30.5. The predicted molar refractivity (Wildman–Crippen MR) is 72.2 cm³/mol. The van der Waals surface area contributed by atoms with Gasteiger partial charge in [-0.25, -0.2) is 13.1 Å². The maximum atomic E-state index is 11.5. The molecule has 0 bridgehead atoms. The number of hydrogen-bond donors (Lipinski definition) is 3. The van der Waals surface area contributed by atoms with Crippen LogP contribution < -0.4 is 10.0 Å². The van der Waals surface area contributed by atoms with Gasteiger partial charge in [0.05, 0.1) is 12.1 Å². The topological polar surface area (TPSA) is 91.6 Å². The van der Waals surface area contributed by atoms with E-state index in [-0.39, 0.29) is 5.09 Å². The Morgan fingerprint density at radius 2 is 1.84 bits per heavy atom. The number of nitrogens with one attached hydrogen (secondary N) is 2. The number of sulfonamides is 1. The van der Waals surface area contributed by atoms with E-state index in [0.29, 0.717) is 12.3 Å². The Kier molecular flexibility index (Phi) is 4.46. The van der Waals surface area contributed by atoms with Crippen LogP contribution in [0, 0.1) is 0 Å². The smallest absolute Gasteiger partial charge is 0.273 e. The number of rotatable bonds is 6. The summed E-state index contributed by atoms with van der Waals surface area (Å²) in [4.78, 5) is 0. The second-order valence-corrected chi connectivity index (χ2v) is 7.28. The molecule has 0 aliphatic rings. The molecule has 110 valence electrons. The highest BCUT2D eigenvalue weighted by atomic mass is 32.2. The van der Waals surface area contributed by atoms with Gasteiger partial charge in [0.2, 0.25) is 5.09 Å². The fraction of sp³-hybridized carbons (Fsp3) is 0.667. The van der Waals surface area contributed by atoms with E-state index >= 15 is 0 Å². The molecule has 1 rings (SSSR count). The summed E-state index contributed by atoms with van der Waals surface area (Å²) in [5.41, 5.74) is -1.46. The number of furan rings is 1. The quantitative estimate of drug-likeness (QED) is 0.721. The molecule has 1 heterocycles. The van der Waals surface area contributed by atoms with Gasteiger partial charge in [-0.15, -0.1) is 0 Å². The summed E-state index contributed by atoms with van der Waals surface area (Å²) in [5.74, 6) is 0.492. The van der Waals surface area contributed by atoms with Crippen molar-refractivity contribution in [1.82, 2.24) is 10.0 Å². The summed E-state index contributed by atoms with van der Waals surface area (Å²) in [5, 5.41) is 13.0. The first-order valence-corrected chi connectivity index (χ1v) is 7.47. The Hall–Kier alpha value is -0.890. The Labute approximate surface area is 114 Å². The molecule has 0 saturated heterocycles. The van der Waals surface area contributed by atoms with Crippen molar-refractivity contribution < 1.29 is 17.9 Å². The highest BCUT2D eigenvalue weighted by molar-refractivity contribution is 7.89. The molecule has 7 heteroatoms. The van der Waals surface area contributed by atoms with Gasteiger partial charge in [0.15, 0.2) is 0 Å². The van der Waals surface area contributed by atoms with E-state index in [1.54, 1.807) is 19.9 Å². The Balaban J connectivity index is 2.76. The van der Waals surface area contributed by atoms with Gasteiger partial charge in [-0.2, -0.15) is 0 Å². The van der Waals surface area contributed by atoms with Crippen molar-refractivity contribution in [1.29, 1.82) is 0 Å². The van der Waals surface area contributed by atoms with Crippen molar-refractivity contribution in [3.63, 3.8) is 0 Å². The zero-order chi connectivity index (χ0) is 14.9. The average Bonchev–Trinajstić information content (AvgIpc) is 2.74. The van der Waals surface area contributed by atoms with Crippen LogP contribution in [0.4, 0.5) is 0 Å². The predicted octanol–water partition coefficient (Wildman–Crippen LogP) is 0.827. The molecule has 3 N–H and O–H groups in total. The lowest BCUT2D eigenvalue weighted by Crippen LogP contribution is -2.55. The van der Waals surface area contributed by atoms with E-state index in [4.69, 9.17) is 4.42 Å². The van der Waals surface area contributed by atoms with Gasteiger partial charge < -0.3 is 14.8 Å². The van der Waals surface area contributed by atoms with E-state index in [2.05, 4.69) is 10.0 Å². The molecule has 1 aromatic heterocycles. The van der Waals surface area contributed by atoms with Crippen molar-refractivity contribution in [3.8, 4) is 0 Å². The van der Waals surface area contributed by atoms with Crippen LogP contribution >= 0.6 is 0 Å². The van der Waals surface area contributed by atoms with Crippen LogP contribution in [0.2, 0.25) is 0 Å². The average molecular weight is 290 g/mol. The van der Waals surface area contributed by atoms with Crippen molar-refractivity contribution in [2.45, 2.75) is 50.5 Å². The molecular formula is C12H22N2O4S. The third-order valence-corrected chi connectivity index (χ3v) is 4.69. The van der Waals surface area contributed by atoms with Crippen molar-refractivity contribution >= 4 is 10.0 Å². The van der Waals surface area contributed by atoms with Crippen molar-refractivity contribution in [2.75, 3.05) is 7.05 Å². The molecule has 0 spiro atoms. The third kappa shape index (κ3) is 3.79. The molecule has 6 nitrogen and oxygen atoms in total. The van der Waals surface area contributed by atoms with Crippen molar-refractivity contribution in [2.24, 2.45) is 0 Å². The van der Waals surface area contributed by atoms with Crippen LogP contribution in [0.1, 0.15) is 33.5 Å². The highest BCUT2D eigenvalue weighted by Gasteiger charge is 2.34. The SMILES string of the molecule is CNS(=O)(=O)c1ccc(CNC(C)(C)C(C)(C)O)o1. The highest BCUT2D eigenvalue weighted by Crippen LogP contribution is 2.21. The zero-order valence-electron chi connectivity index (χ0n) is 11.9. The lowest BCUT2D eigenvalue weighted by molar-refractivity contribution is -0.00613. The van der Waals surface area contributed by atoms with Crippen LogP contribution in [0.15, 0.2) is 21.6 Å². The van der Waals surface area contributed by atoms with Gasteiger partial charge in [-0.05, 0) is 46.9 Å². The molecule has 0 aliphatic carbocycles. The van der Waals surface area contributed by atoms with Crippen LogP contribution in [0.25, 0.3) is 0 Å². The van der Waals surface area contributed by atoms with E-state index in [1.807, 2.05) is 13.8 Å². The minimum Gasteiger partial charge on any atom is -0.447 e. The molecule has 0 radical (unpaired) electrons. The van der Waals surface area contributed by atoms with E-state index in [1.165, 1.54) is 13.1 Å². The van der Waals surface area contributed by atoms with Gasteiger partial charge in [-0.1, -0.05) is 0 Å². The Bertz CT molecular complexity index is 526. The van der Waals surface area contributed by atoms with Crippen LogP contribution in [-0.4, -0.2) is 31.7 Å². The van der Waals surface area contributed by atoms with E-state index < -0.39 is 21.2 Å². The van der Waals surface area contributed by atoms with Crippen molar-refractivity contribution in [3.05, 3.63) is 17.9 Å². The molecule has 0 aromatic carbocycles. The third-order valence-electron chi connectivity index (χ3n) is 3.40. The summed E-state index contributed by atoms with van der Waals surface area (Å²) in [6.07, 6.45) is 0. The van der Waals surface area contributed by atoms with Gasteiger partial charge in [0.25, 0.3) is 10.0 Å². The molecule has 0 unspecified atom stereocenters. The first kappa shape index (κ1) is 16.2. The summed E-state index contributed by atoms with van der Waals surface area (Å²) in [6.45, 7) is 7.47. The summed E-state index contributed by atoms with van der Waals surface area (Å²) in [6, 6.07) is 3.00. The second kappa shape index (κ2) is 5.24. The molecule has 1 aromatic rings. The zero-order valence-corrected chi connectivity index (χ0v) is 12.8. The van der Waals surface area contributed by atoms with E-state index in [0.717, 1.165) is 0 Å². The minimum absolute atomic E-state index is 0.118. The molecule has 0 amide bonds. The first-order chi connectivity index (χ1) is 8.49. The minimum atomic E-state index is -3.55. The van der Waals surface area contributed by atoms with Crippen LogP contribution in [-0.2, 0) is 16.6 Å². The van der Waals surface area contributed by atoms with Crippen LogP contribution in [0.3, 0.4) is 0 Å².